The second kappa shape index (κ2) is 5.64. The highest BCUT2D eigenvalue weighted by Crippen LogP contribution is 2.22. The Hall–Kier alpha value is -0.610. The molecule has 0 amide bonds. The van der Waals surface area contributed by atoms with Gasteiger partial charge < -0.3 is 5.32 Å². The maximum Gasteiger partial charge on any atom is 0.0794 e. The van der Waals surface area contributed by atoms with Crippen molar-refractivity contribution in [3.05, 3.63) is 50.4 Å². The summed E-state index contributed by atoms with van der Waals surface area (Å²) in [4.78, 5) is 5.24. The number of hydrogen-bond acceptors (Lipinski definition) is 3. The van der Waals surface area contributed by atoms with Crippen LogP contribution in [0, 0.1) is 0 Å². The molecule has 0 aliphatic heterocycles. The number of nitrogens with zero attached hydrogens (tertiary/aromatic N) is 1. The first kappa shape index (κ1) is 11.9. The van der Waals surface area contributed by atoms with Crippen molar-refractivity contribution in [1.82, 2.24) is 10.3 Å². The van der Waals surface area contributed by atoms with Gasteiger partial charge >= 0.3 is 0 Å². The summed E-state index contributed by atoms with van der Waals surface area (Å²) in [7, 11) is 0. The number of hydrogen-bond donors (Lipinski definition) is 1. The van der Waals surface area contributed by atoms with E-state index in [4.69, 9.17) is 23.2 Å². The summed E-state index contributed by atoms with van der Waals surface area (Å²) in [6.07, 6.45) is 1.87. The Balaban J connectivity index is 1.87. The predicted molar refractivity (Wildman–Crippen MR) is 69.1 cm³/mol. The summed E-state index contributed by atoms with van der Waals surface area (Å²) in [5.74, 6) is 0. The van der Waals surface area contributed by atoms with E-state index in [1.54, 1.807) is 11.3 Å². The highest BCUT2D eigenvalue weighted by Gasteiger charge is 1.99. The van der Waals surface area contributed by atoms with Gasteiger partial charge in [0.1, 0.15) is 0 Å². The van der Waals surface area contributed by atoms with E-state index >= 15 is 0 Å². The molecule has 0 saturated heterocycles. The van der Waals surface area contributed by atoms with Crippen LogP contribution in [-0.4, -0.2) is 4.98 Å². The number of halogens is 2. The van der Waals surface area contributed by atoms with Crippen molar-refractivity contribution in [2.45, 2.75) is 13.1 Å². The summed E-state index contributed by atoms with van der Waals surface area (Å²) in [5.41, 5.74) is 2.95. The molecule has 2 nitrogen and oxygen atoms in total. The largest absolute Gasteiger partial charge is 0.308 e. The minimum Gasteiger partial charge on any atom is -0.308 e. The van der Waals surface area contributed by atoms with Crippen molar-refractivity contribution in [3.8, 4) is 0 Å². The zero-order valence-corrected chi connectivity index (χ0v) is 10.7. The van der Waals surface area contributed by atoms with Crippen molar-refractivity contribution in [1.29, 1.82) is 0 Å². The molecule has 2 rings (SSSR count). The van der Waals surface area contributed by atoms with E-state index in [1.807, 2.05) is 29.9 Å². The molecule has 16 heavy (non-hydrogen) atoms. The fourth-order valence-electron chi connectivity index (χ4n) is 1.31. The molecule has 1 aromatic carbocycles. The van der Waals surface area contributed by atoms with E-state index in [2.05, 4.69) is 10.3 Å². The van der Waals surface area contributed by atoms with Gasteiger partial charge in [0.15, 0.2) is 0 Å². The Morgan fingerprint density at radius 2 is 2.06 bits per heavy atom. The van der Waals surface area contributed by atoms with Gasteiger partial charge in [0.2, 0.25) is 0 Å². The average molecular weight is 273 g/mol. The highest BCUT2D eigenvalue weighted by molar-refractivity contribution is 7.09. The maximum absolute atomic E-state index is 5.92. The lowest BCUT2D eigenvalue weighted by molar-refractivity contribution is 0.700. The monoisotopic (exact) mass is 272 g/mol. The quantitative estimate of drug-likeness (QED) is 0.917. The summed E-state index contributed by atoms with van der Waals surface area (Å²) in [5, 5.41) is 4.51. The summed E-state index contributed by atoms with van der Waals surface area (Å²) >= 11 is 13.4. The van der Waals surface area contributed by atoms with Gasteiger partial charge in [-0.2, -0.15) is 0 Å². The molecule has 0 radical (unpaired) electrons. The van der Waals surface area contributed by atoms with E-state index in [9.17, 15) is 0 Å². The van der Waals surface area contributed by atoms with Crippen molar-refractivity contribution >= 4 is 34.5 Å². The van der Waals surface area contributed by atoms with Crippen LogP contribution in [0.4, 0.5) is 0 Å². The van der Waals surface area contributed by atoms with Gasteiger partial charge in [0.25, 0.3) is 0 Å². The van der Waals surface area contributed by atoms with Crippen LogP contribution in [-0.2, 0) is 13.1 Å². The van der Waals surface area contributed by atoms with Crippen molar-refractivity contribution < 1.29 is 0 Å². The normalized spacial score (nSPS) is 10.6. The molecular weight excluding hydrogens is 263 g/mol. The smallest absolute Gasteiger partial charge is 0.0794 e. The Kier molecular flexibility index (Phi) is 4.18. The van der Waals surface area contributed by atoms with Gasteiger partial charge in [-0.3, -0.25) is 4.98 Å². The number of thiazole rings is 1. The Morgan fingerprint density at radius 1 is 1.19 bits per heavy atom. The van der Waals surface area contributed by atoms with Crippen LogP contribution < -0.4 is 5.32 Å². The van der Waals surface area contributed by atoms with Crippen LogP contribution in [0.25, 0.3) is 0 Å². The second-order valence-corrected chi connectivity index (χ2v) is 5.11. The first-order valence-electron chi connectivity index (χ1n) is 4.78. The molecule has 0 spiro atoms. The molecule has 1 aromatic heterocycles. The lowest BCUT2D eigenvalue weighted by Gasteiger charge is -2.04. The molecule has 2 aromatic rings. The molecule has 0 aliphatic carbocycles. The molecule has 84 valence electrons. The Bertz CT molecular complexity index is 457. The molecule has 0 saturated carbocycles. The maximum atomic E-state index is 5.92. The summed E-state index contributed by atoms with van der Waals surface area (Å²) in [6.45, 7) is 1.60. The standard InChI is InChI=1S/C11H10Cl2N2S/c12-10-2-1-8(3-11(10)13)4-14-5-9-6-15-7-16-9/h1-3,6-7,14H,4-5H2. The SMILES string of the molecule is Clc1ccc(CNCc2cncs2)cc1Cl. The van der Waals surface area contributed by atoms with Gasteiger partial charge in [0, 0.05) is 24.2 Å². The molecule has 1 N–H and O–H groups in total. The molecule has 5 heteroatoms. The number of rotatable bonds is 4. The third kappa shape index (κ3) is 3.19. The average Bonchev–Trinajstić information content (AvgIpc) is 2.76. The van der Waals surface area contributed by atoms with E-state index < -0.39 is 0 Å². The fourth-order valence-corrected chi connectivity index (χ4v) is 2.19. The summed E-state index contributed by atoms with van der Waals surface area (Å²) < 4.78 is 0. The molecular formula is C11H10Cl2N2S. The zero-order chi connectivity index (χ0) is 11.4. The van der Waals surface area contributed by atoms with E-state index in [1.165, 1.54) is 4.88 Å². The predicted octanol–water partition coefficient (Wildman–Crippen LogP) is 3.74. The lowest BCUT2D eigenvalue weighted by Crippen LogP contribution is -2.11. The van der Waals surface area contributed by atoms with Gasteiger partial charge in [-0.15, -0.1) is 11.3 Å². The van der Waals surface area contributed by atoms with Gasteiger partial charge in [-0.05, 0) is 17.7 Å². The molecule has 0 aliphatic rings. The van der Waals surface area contributed by atoms with Crippen LogP contribution in [0.5, 0.6) is 0 Å². The van der Waals surface area contributed by atoms with Crippen molar-refractivity contribution in [2.75, 3.05) is 0 Å². The molecule has 0 atom stereocenters. The molecule has 0 unspecified atom stereocenters. The molecule has 1 heterocycles. The van der Waals surface area contributed by atoms with Crippen LogP contribution in [0.3, 0.4) is 0 Å². The second-order valence-electron chi connectivity index (χ2n) is 3.32. The van der Waals surface area contributed by atoms with Crippen molar-refractivity contribution in [3.63, 3.8) is 0 Å². The fraction of sp³-hybridized carbons (Fsp3) is 0.182. The topological polar surface area (TPSA) is 24.9 Å². The minimum absolute atomic E-state index is 0.591. The minimum atomic E-state index is 0.591. The van der Waals surface area contributed by atoms with Crippen molar-refractivity contribution in [2.24, 2.45) is 0 Å². The first-order chi connectivity index (χ1) is 7.75. The molecule has 0 bridgehead atoms. The van der Waals surface area contributed by atoms with E-state index in [0.29, 0.717) is 10.0 Å². The van der Waals surface area contributed by atoms with Gasteiger partial charge in [0.05, 0.1) is 15.6 Å². The Morgan fingerprint density at radius 3 is 2.75 bits per heavy atom. The van der Waals surface area contributed by atoms with Gasteiger partial charge in [-0.25, -0.2) is 0 Å². The third-order valence-electron chi connectivity index (χ3n) is 2.10. The number of benzene rings is 1. The summed E-state index contributed by atoms with van der Waals surface area (Å²) in [6, 6.07) is 5.66. The third-order valence-corrected chi connectivity index (χ3v) is 3.61. The highest BCUT2D eigenvalue weighted by atomic mass is 35.5. The van der Waals surface area contributed by atoms with Crippen LogP contribution in [0.15, 0.2) is 29.9 Å². The van der Waals surface area contributed by atoms with E-state index in [0.717, 1.165) is 18.7 Å². The van der Waals surface area contributed by atoms with Crippen LogP contribution in [0.2, 0.25) is 10.0 Å². The van der Waals surface area contributed by atoms with Gasteiger partial charge in [-0.1, -0.05) is 29.3 Å². The number of aromatic nitrogens is 1. The molecule has 0 fully saturated rings. The number of nitrogens with one attached hydrogen (secondary N) is 1. The first-order valence-corrected chi connectivity index (χ1v) is 6.41. The zero-order valence-electron chi connectivity index (χ0n) is 8.41. The van der Waals surface area contributed by atoms with E-state index in [-0.39, 0.29) is 0 Å². The van der Waals surface area contributed by atoms with Crippen LogP contribution in [0.1, 0.15) is 10.4 Å². The lowest BCUT2D eigenvalue weighted by atomic mass is 10.2. The van der Waals surface area contributed by atoms with Crippen LogP contribution >= 0.6 is 34.5 Å². The Labute approximate surface area is 108 Å².